The second-order valence-electron chi connectivity index (χ2n) is 4.62. The summed E-state index contributed by atoms with van der Waals surface area (Å²) in [6.07, 6.45) is -4.49. The van der Waals surface area contributed by atoms with Gasteiger partial charge in [0.25, 0.3) is 0 Å². The number of rotatable bonds is 6. The third-order valence-corrected chi connectivity index (χ3v) is 2.88. The molecule has 0 spiro atoms. The Balaban J connectivity index is 2.36. The van der Waals surface area contributed by atoms with Gasteiger partial charge in [0.15, 0.2) is 0 Å². The van der Waals surface area contributed by atoms with Crippen molar-refractivity contribution in [3.63, 3.8) is 0 Å². The van der Waals surface area contributed by atoms with E-state index in [1.807, 2.05) is 0 Å². The van der Waals surface area contributed by atoms with Crippen LogP contribution in [0.3, 0.4) is 0 Å². The molecular weight excluding hydrogens is 260 g/mol. The third-order valence-electron chi connectivity index (χ3n) is 2.88. The standard InChI is InChI=1S/C13H18F4N2/c1-19(8-6-13(15,16)17)7-5-12(18)10-3-2-4-11(14)9-10/h2-4,9,12H,5-8,18H2,1H3. The summed E-state index contributed by atoms with van der Waals surface area (Å²) in [6.45, 7) is 0.382. The van der Waals surface area contributed by atoms with Crippen molar-refractivity contribution in [3.05, 3.63) is 35.6 Å². The molecular formula is C13H18F4N2. The van der Waals surface area contributed by atoms with Crippen molar-refractivity contribution in [2.75, 3.05) is 20.1 Å². The highest BCUT2D eigenvalue weighted by Gasteiger charge is 2.27. The van der Waals surface area contributed by atoms with Gasteiger partial charge in [-0.05, 0) is 37.7 Å². The molecule has 1 aromatic carbocycles. The maximum atomic E-state index is 13.0. The average molecular weight is 278 g/mol. The van der Waals surface area contributed by atoms with E-state index in [0.717, 1.165) is 0 Å². The molecule has 0 aromatic heterocycles. The van der Waals surface area contributed by atoms with Gasteiger partial charge in [-0.15, -0.1) is 0 Å². The zero-order chi connectivity index (χ0) is 14.5. The average Bonchev–Trinajstić information content (AvgIpc) is 2.32. The lowest BCUT2D eigenvalue weighted by molar-refractivity contribution is -0.137. The Morgan fingerprint density at radius 3 is 2.53 bits per heavy atom. The van der Waals surface area contributed by atoms with E-state index in [-0.39, 0.29) is 18.4 Å². The van der Waals surface area contributed by atoms with Crippen LogP contribution in [-0.2, 0) is 0 Å². The number of benzene rings is 1. The van der Waals surface area contributed by atoms with E-state index in [9.17, 15) is 17.6 Å². The van der Waals surface area contributed by atoms with Crippen LogP contribution in [0, 0.1) is 5.82 Å². The molecule has 2 nitrogen and oxygen atoms in total. The Morgan fingerprint density at radius 2 is 1.95 bits per heavy atom. The highest BCUT2D eigenvalue weighted by molar-refractivity contribution is 5.19. The molecule has 0 aliphatic carbocycles. The van der Waals surface area contributed by atoms with Crippen LogP contribution in [0.5, 0.6) is 0 Å². The van der Waals surface area contributed by atoms with E-state index >= 15 is 0 Å². The maximum absolute atomic E-state index is 13.0. The van der Waals surface area contributed by atoms with E-state index < -0.39 is 12.6 Å². The molecule has 1 atom stereocenters. The zero-order valence-corrected chi connectivity index (χ0v) is 10.8. The summed E-state index contributed by atoms with van der Waals surface area (Å²) in [5.74, 6) is -0.363. The molecule has 0 heterocycles. The van der Waals surface area contributed by atoms with Gasteiger partial charge < -0.3 is 10.6 Å². The predicted octanol–water partition coefficient (Wildman–Crippen LogP) is 3.10. The Labute approximate surface area is 110 Å². The fourth-order valence-corrected chi connectivity index (χ4v) is 1.69. The van der Waals surface area contributed by atoms with Gasteiger partial charge in [-0.25, -0.2) is 4.39 Å². The second kappa shape index (κ2) is 6.86. The van der Waals surface area contributed by atoms with Crippen molar-refractivity contribution < 1.29 is 17.6 Å². The van der Waals surface area contributed by atoms with Crippen molar-refractivity contribution in [1.82, 2.24) is 4.90 Å². The summed E-state index contributed by atoms with van der Waals surface area (Å²) in [4.78, 5) is 1.58. The largest absolute Gasteiger partial charge is 0.390 e. The molecule has 108 valence electrons. The molecule has 0 amide bonds. The topological polar surface area (TPSA) is 29.3 Å². The summed E-state index contributed by atoms with van der Waals surface area (Å²) in [6, 6.07) is 5.58. The van der Waals surface area contributed by atoms with Crippen LogP contribution in [-0.4, -0.2) is 31.2 Å². The monoisotopic (exact) mass is 278 g/mol. The van der Waals surface area contributed by atoms with Crippen LogP contribution < -0.4 is 5.73 Å². The van der Waals surface area contributed by atoms with Gasteiger partial charge in [-0.1, -0.05) is 12.1 Å². The number of alkyl halides is 3. The van der Waals surface area contributed by atoms with Crippen LogP contribution in [0.1, 0.15) is 24.4 Å². The van der Waals surface area contributed by atoms with Gasteiger partial charge in [0.05, 0.1) is 6.42 Å². The number of hydrogen-bond donors (Lipinski definition) is 1. The van der Waals surface area contributed by atoms with Gasteiger partial charge in [0.1, 0.15) is 5.82 Å². The minimum atomic E-state index is -4.14. The van der Waals surface area contributed by atoms with E-state index in [1.165, 1.54) is 12.1 Å². The Morgan fingerprint density at radius 1 is 1.26 bits per heavy atom. The number of nitrogens with two attached hydrogens (primary N) is 1. The van der Waals surface area contributed by atoms with Gasteiger partial charge >= 0.3 is 6.18 Å². The van der Waals surface area contributed by atoms with Crippen LogP contribution >= 0.6 is 0 Å². The van der Waals surface area contributed by atoms with Crippen molar-refractivity contribution in [2.45, 2.75) is 25.1 Å². The Kier molecular flexibility index (Phi) is 5.75. The molecule has 6 heteroatoms. The fourth-order valence-electron chi connectivity index (χ4n) is 1.69. The lowest BCUT2D eigenvalue weighted by Gasteiger charge is -2.20. The molecule has 0 radical (unpaired) electrons. The zero-order valence-electron chi connectivity index (χ0n) is 10.8. The molecule has 1 aromatic rings. The normalized spacial score (nSPS) is 13.8. The molecule has 0 aliphatic rings. The first-order valence-corrected chi connectivity index (χ1v) is 6.04. The van der Waals surface area contributed by atoms with E-state index in [1.54, 1.807) is 24.1 Å². The number of hydrogen-bond acceptors (Lipinski definition) is 2. The Bertz CT molecular complexity index is 392. The van der Waals surface area contributed by atoms with Gasteiger partial charge in [0.2, 0.25) is 0 Å². The summed E-state index contributed by atoms with van der Waals surface area (Å²) < 4.78 is 49.1. The van der Waals surface area contributed by atoms with Crippen LogP contribution in [0.25, 0.3) is 0 Å². The van der Waals surface area contributed by atoms with E-state index in [4.69, 9.17) is 5.73 Å². The van der Waals surface area contributed by atoms with Gasteiger partial charge in [0, 0.05) is 12.6 Å². The summed E-state index contributed by atoms with van der Waals surface area (Å²) in [5, 5.41) is 0. The maximum Gasteiger partial charge on any atom is 0.390 e. The van der Waals surface area contributed by atoms with Gasteiger partial charge in [-0.2, -0.15) is 13.2 Å². The number of halogens is 4. The first-order chi connectivity index (χ1) is 8.78. The first kappa shape index (κ1) is 15.9. The quantitative estimate of drug-likeness (QED) is 0.810. The minimum Gasteiger partial charge on any atom is -0.324 e. The van der Waals surface area contributed by atoms with E-state index in [2.05, 4.69) is 0 Å². The summed E-state index contributed by atoms with van der Waals surface area (Å²) >= 11 is 0. The first-order valence-electron chi connectivity index (χ1n) is 6.04. The highest BCUT2D eigenvalue weighted by Crippen LogP contribution is 2.20. The van der Waals surface area contributed by atoms with Crippen LogP contribution in [0.15, 0.2) is 24.3 Å². The molecule has 19 heavy (non-hydrogen) atoms. The smallest absolute Gasteiger partial charge is 0.324 e. The predicted molar refractivity (Wildman–Crippen MR) is 66.1 cm³/mol. The molecule has 1 rings (SSSR count). The number of nitrogens with zero attached hydrogens (tertiary/aromatic N) is 1. The SMILES string of the molecule is CN(CCC(N)c1cccc(F)c1)CCC(F)(F)F. The van der Waals surface area contributed by atoms with E-state index in [0.29, 0.717) is 18.5 Å². The molecule has 0 bridgehead atoms. The fraction of sp³-hybridized carbons (Fsp3) is 0.538. The lowest BCUT2D eigenvalue weighted by Crippen LogP contribution is -2.27. The minimum absolute atomic E-state index is 0.0562. The highest BCUT2D eigenvalue weighted by atomic mass is 19.4. The van der Waals surface area contributed by atoms with Crippen molar-refractivity contribution in [3.8, 4) is 0 Å². The third kappa shape index (κ3) is 6.54. The Hall–Kier alpha value is -1.14. The van der Waals surface area contributed by atoms with Crippen molar-refractivity contribution >= 4 is 0 Å². The summed E-state index contributed by atoms with van der Waals surface area (Å²) in [7, 11) is 1.62. The van der Waals surface area contributed by atoms with Gasteiger partial charge in [-0.3, -0.25) is 0 Å². The van der Waals surface area contributed by atoms with Crippen LogP contribution in [0.2, 0.25) is 0 Å². The lowest BCUT2D eigenvalue weighted by atomic mass is 10.0. The molecule has 2 N–H and O–H groups in total. The molecule has 0 saturated carbocycles. The molecule has 0 saturated heterocycles. The molecule has 0 fully saturated rings. The molecule has 1 unspecified atom stereocenters. The second-order valence-corrected chi connectivity index (χ2v) is 4.62. The summed E-state index contributed by atoms with van der Waals surface area (Å²) in [5.41, 5.74) is 6.54. The van der Waals surface area contributed by atoms with Crippen molar-refractivity contribution in [2.24, 2.45) is 5.73 Å². The van der Waals surface area contributed by atoms with Crippen molar-refractivity contribution in [1.29, 1.82) is 0 Å². The molecule has 0 aliphatic heterocycles. The van der Waals surface area contributed by atoms with Crippen LogP contribution in [0.4, 0.5) is 17.6 Å².